The fourth-order valence-electron chi connectivity index (χ4n) is 2.47. The molecule has 0 amide bonds. The molecule has 1 saturated heterocycles. The third-order valence-corrected chi connectivity index (χ3v) is 4.29. The Morgan fingerprint density at radius 2 is 1.70 bits per heavy atom. The number of hydrazine groups is 1. The SMILES string of the molecule is CCCCCCCNc1nonc1N[N+](=O)C1([N+](=O)[O-])COC(C)(C)OC1. The van der Waals surface area contributed by atoms with E-state index >= 15 is 0 Å². The number of nitro groups is 1. The van der Waals surface area contributed by atoms with Gasteiger partial charge in [-0.15, -0.1) is 0 Å². The molecule has 1 fully saturated rings. The molecular formula is C15H27N6O6+. The van der Waals surface area contributed by atoms with Gasteiger partial charge in [-0.25, -0.2) is 4.63 Å². The number of aromatic nitrogens is 2. The number of anilines is 2. The van der Waals surface area contributed by atoms with Crippen LogP contribution < -0.4 is 10.7 Å². The van der Waals surface area contributed by atoms with Crippen LogP contribution in [0.5, 0.6) is 0 Å². The van der Waals surface area contributed by atoms with Crippen molar-refractivity contribution in [2.75, 3.05) is 30.5 Å². The predicted octanol–water partition coefficient (Wildman–Crippen LogP) is 2.31. The minimum absolute atomic E-state index is 0.0374. The average molecular weight is 387 g/mol. The van der Waals surface area contributed by atoms with Gasteiger partial charge < -0.3 is 14.8 Å². The third kappa shape index (κ3) is 5.32. The van der Waals surface area contributed by atoms with Crippen molar-refractivity contribution in [2.45, 2.75) is 64.3 Å². The largest absolute Gasteiger partial charge is 0.522 e. The van der Waals surface area contributed by atoms with Crippen LogP contribution in [0.15, 0.2) is 4.63 Å². The highest BCUT2D eigenvalue weighted by Crippen LogP contribution is 2.27. The molecule has 0 unspecified atom stereocenters. The van der Waals surface area contributed by atoms with Crippen LogP contribution in [0, 0.1) is 15.0 Å². The van der Waals surface area contributed by atoms with Gasteiger partial charge in [0.15, 0.2) is 19.0 Å². The maximum absolute atomic E-state index is 12.5. The normalized spacial score (nSPS) is 18.0. The Kier molecular flexibility index (Phi) is 7.02. The Morgan fingerprint density at radius 3 is 2.33 bits per heavy atom. The van der Waals surface area contributed by atoms with E-state index in [1.165, 1.54) is 6.42 Å². The molecule has 12 heteroatoms. The molecule has 0 aromatic carbocycles. The van der Waals surface area contributed by atoms with Gasteiger partial charge in [0.05, 0.1) is 4.91 Å². The number of rotatable bonds is 11. The number of hydrogen-bond donors (Lipinski definition) is 2. The summed E-state index contributed by atoms with van der Waals surface area (Å²) >= 11 is 0. The molecule has 0 saturated carbocycles. The van der Waals surface area contributed by atoms with Gasteiger partial charge >= 0.3 is 5.66 Å². The van der Waals surface area contributed by atoms with Crippen molar-refractivity contribution in [1.82, 2.24) is 10.3 Å². The smallest absolute Gasteiger partial charge is 0.364 e. The zero-order valence-electron chi connectivity index (χ0n) is 15.9. The Hall–Kier alpha value is -2.34. The molecule has 0 aliphatic carbocycles. The maximum Gasteiger partial charge on any atom is 0.522 e. The van der Waals surface area contributed by atoms with E-state index in [-0.39, 0.29) is 16.5 Å². The number of ether oxygens (including phenoxy) is 2. The third-order valence-electron chi connectivity index (χ3n) is 4.29. The molecule has 1 aromatic heterocycles. The van der Waals surface area contributed by atoms with Gasteiger partial charge in [-0.2, -0.15) is 0 Å². The lowest BCUT2D eigenvalue weighted by Crippen LogP contribution is -2.62. The zero-order valence-corrected chi connectivity index (χ0v) is 15.9. The van der Waals surface area contributed by atoms with E-state index < -0.39 is 29.6 Å². The first-order valence-electron chi connectivity index (χ1n) is 9.03. The van der Waals surface area contributed by atoms with Crippen molar-refractivity contribution in [3.8, 4) is 0 Å². The van der Waals surface area contributed by atoms with Crippen molar-refractivity contribution < 1.29 is 23.9 Å². The van der Waals surface area contributed by atoms with Gasteiger partial charge in [0.25, 0.3) is 5.82 Å². The van der Waals surface area contributed by atoms with Crippen LogP contribution in [0.3, 0.4) is 0 Å². The fourth-order valence-corrected chi connectivity index (χ4v) is 2.47. The molecule has 27 heavy (non-hydrogen) atoms. The number of nitrogens with zero attached hydrogens (tertiary/aromatic N) is 4. The van der Waals surface area contributed by atoms with E-state index in [4.69, 9.17) is 9.47 Å². The number of nitroso groups, excluding NO2 is 1. The van der Waals surface area contributed by atoms with Crippen molar-refractivity contribution in [3.05, 3.63) is 15.0 Å². The van der Waals surface area contributed by atoms with Gasteiger partial charge in [-0.05, 0) is 30.6 Å². The molecule has 2 heterocycles. The second kappa shape index (κ2) is 9.04. The van der Waals surface area contributed by atoms with Crippen LogP contribution in [0.25, 0.3) is 0 Å². The molecule has 0 spiro atoms. The lowest BCUT2D eigenvalue weighted by Gasteiger charge is -2.32. The molecule has 0 radical (unpaired) electrons. The quantitative estimate of drug-likeness (QED) is 0.191. The highest BCUT2D eigenvalue weighted by molar-refractivity contribution is 5.55. The molecule has 0 bridgehead atoms. The van der Waals surface area contributed by atoms with Crippen molar-refractivity contribution in [1.29, 1.82) is 0 Å². The van der Waals surface area contributed by atoms with Crippen LogP contribution in [0.4, 0.5) is 11.6 Å². The molecule has 1 aliphatic rings. The summed E-state index contributed by atoms with van der Waals surface area (Å²) in [5, 5.41) is 21.8. The molecule has 2 rings (SSSR count). The van der Waals surface area contributed by atoms with E-state index in [1.807, 2.05) is 0 Å². The van der Waals surface area contributed by atoms with Crippen molar-refractivity contribution in [3.63, 3.8) is 0 Å². The molecule has 12 nitrogen and oxygen atoms in total. The van der Waals surface area contributed by atoms with Gasteiger partial charge in [-0.3, -0.25) is 10.1 Å². The Labute approximate surface area is 156 Å². The molecule has 1 aromatic rings. The summed E-state index contributed by atoms with van der Waals surface area (Å²) in [6.07, 6.45) is 5.49. The zero-order chi connectivity index (χ0) is 19.9. The Balaban J connectivity index is 1.95. The summed E-state index contributed by atoms with van der Waals surface area (Å²) < 4.78 is 15.2. The van der Waals surface area contributed by atoms with Crippen LogP contribution in [-0.2, 0) is 9.47 Å². The summed E-state index contributed by atoms with van der Waals surface area (Å²) in [4.78, 5) is 23.4. The van der Waals surface area contributed by atoms with E-state index in [0.29, 0.717) is 6.54 Å². The van der Waals surface area contributed by atoms with Gasteiger partial charge in [0, 0.05) is 6.54 Å². The summed E-state index contributed by atoms with van der Waals surface area (Å²) in [5.74, 6) is -0.826. The van der Waals surface area contributed by atoms with Crippen LogP contribution in [0.1, 0.15) is 52.9 Å². The second-order valence-corrected chi connectivity index (χ2v) is 6.93. The van der Waals surface area contributed by atoms with Crippen molar-refractivity contribution in [2.24, 2.45) is 0 Å². The summed E-state index contributed by atoms with van der Waals surface area (Å²) in [7, 11) is 0. The molecule has 2 N–H and O–H groups in total. The Morgan fingerprint density at radius 1 is 1.07 bits per heavy atom. The second-order valence-electron chi connectivity index (χ2n) is 6.93. The lowest BCUT2D eigenvalue weighted by molar-refractivity contribution is -0.823. The first kappa shape index (κ1) is 21.0. The number of nitrogens with one attached hydrogen (secondary N) is 2. The minimum Gasteiger partial charge on any atom is -0.364 e. The van der Waals surface area contributed by atoms with Crippen LogP contribution >= 0.6 is 0 Å². The standard InChI is InChI=1S/C15H27N6O6/c1-4-5-6-7-8-9-16-12-13(19-27-18-12)17-20(22)15(21(23)24)10-25-14(2,3)26-11-15/h4-11H2,1-3H3,(H,16,18)(H,17,19,22)/q+1. The topological polar surface area (TPSA) is 145 Å². The molecular weight excluding hydrogens is 360 g/mol. The van der Waals surface area contributed by atoms with Crippen LogP contribution in [-0.4, -0.2) is 51.3 Å². The average Bonchev–Trinajstić information content (AvgIpc) is 3.05. The van der Waals surface area contributed by atoms with Crippen molar-refractivity contribution >= 4 is 11.6 Å². The fraction of sp³-hybridized carbons (Fsp3) is 0.867. The van der Waals surface area contributed by atoms with E-state index in [9.17, 15) is 15.0 Å². The first-order valence-corrected chi connectivity index (χ1v) is 9.03. The summed E-state index contributed by atoms with van der Waals surface area (Å²) in [5.41, 5.74) is 0.170. The number of hydrogen-bond acceptors (Lipinski definition) is 9. The highest BCUT2D eigenvalue weighted by atomic mass is 16.7. The van der Waals surface area contributed by atoms with Gasteiger partial charge in [-0.1, -0.05) is 38.0 Å². The maximum atomic E-state index is 12.5. The molecule has 152 valence electrons. The minimum atomic E-state index is -2.15. The monoisotopic (exact) mass is 387 g/mol. The molecule has 0 atom stereocenters. The Bertz CT molecular complexity index is 638. The lowest BCUT2D eigenvalue weighted by atomic mass is 10.1. The van der Waals surface area contributed by atoms with E-state index in [1.54, 1.807) is 13.8 Å². The van der Waals surface area contributed by atoms with E-state index in [2.05, 4.69) is 32.6 Å². The summed E-state index contributed by atoms with van der Waals surface area (Å²) in [6, 6.07) is 0. The predicted molar refractivity (Wildman–Crippen MR) is 94.5 cm³/mol. The molecule has 1 aliphatic heterocycles. The van der Waals surface area contributed by atoms with E-state index in [0.717, 1.165) is 25.7 Å². The van der Waals surface area contributed by atoms with Gasteiger partial charge in [0.1, 0.15) is 4.92 Å². The van der Waals surface area contributed by atoms with Gasteiger partial charge in [0.2, 0.25) is 10.7 Å². The number of unbranched alkanes of at least 4 members (excludes halogenated alkanes) is 4. The first-order chi connectivity index (χ1) is 12.8. The highest BCUT2D eigenvalue weighted by Gasteiger charge is 2.65. The summed E-state index contributed by atoms with van der Waals surface area (Å²) in [6.45, 7) is 5.09. The van der Waals surface area contributed by atoms with Crippen LogP contribution in [0.2, 0.25) is 0 Å².